The molecule has 5 rings (SSSR count). The standard InChI is InChI=1S/C29H36N6O3/c1-20-3-5-22(6-4-20)18-34-14-11-23(19-34)17-30-28(37)25-12-15-35(16-13-25)29-32-27(33-38-29)24-7-9-26(10-8-24)31-21(2)36/h3-10,23,25H,11-19H2,1-2H3,(H,30,37)(H,31,36). The molecule has 200 valence electrons. The van der Waals surface area contributed by atoms with E-state index in [4.69, 9.17) is 4.52 Å². The summed E-state index contributed by atoms with van der Waals surface area (Å²) in [6.45, 7) is 8.83. The summed E-state index contributed by atoms with van der Waals surface area (Å²) >= 11 is 0. The molecule has 2 fully saturated rings. The van der Waals surface area contributed by atoms with Crippen LogP contribution in [0.3, 0.4) is 0 Å². The zero-order valence-electron chi connectivity index (χ0n) is 22.2. The molecule has 2 saturated heterocycles. The van der Waals surface area contributed by atoms with Crippen LogP contribution in [0.15, 0.2) is 53.1 Å². The van der Waals surface area contributed by atoms with Crippen LogP contribution in [0.25, 0.3) is 11.4 Å². The molecule has 0 spiro atoms. The van der Waals surface area contributed by atoms with Crippen LogP contribution in [0, 0.1) is 18.8 Å². The van der Waals surface area contributed by atoms with E-state index in [9.17, 15) is 9.59 Å². The number of amides is 2. The second-order valence-corrected chi connectivity index (χ2v) is 10.5. The molecule has 2 aliphatic rings. The number of anilines is 2. The molecule has 1 aromatic heterocycles. The topological polar surface area (TPSA) is 104 Å². The highest BCUT2D eigenvalue weighted by atomic mass is 16.5. The first-order valence-corrected chi connectivity index (χ1v) is 13.5. The Morgan fingerprint density at radius 2 is 1.74 bits per heavy atom. The van der Waals surface area contributed by atoms with Crippen molar-refractivity contribution >= 4 is 23.5 Å². The second-order valence-electron chi connectivity index (χ2n) is 10.5. The van der Waals surface area contributed by atoms with Gasteiger partial charge in [-0.25, -0.2) is 0 Å². The highest BCUT2D eigenvalue weighted by molar-refractivity contribution is 5.88. The summed E-state index contributed by atoms with van der Waals surface area (Å²) in [4.78, 5) is 33.1. The van der Waals surface area contributed by atoms with Gasteiger partial charge < -0.3 is 20.1 Å². The zero-order chi connectivity index (χ0) is 26.5. The van der Waals surface area contributed by atoms with Gasteiger partial charge in [-0.3, -0.25) is 14.5 Å². The normalized spacial score (nSPS) is 18.5. The Bertz CT molecular complexity index is 1230. The lowest BCUT2D eigenvalue weighted by molar-refractivity contribution is -0.125. The van der Waals surface area contributed by atoms with Gasteiger partial charge in [-0.2, -0.15) is 4.98 Å². The summed E-state index contributed by atoms with van der Waals surface area (Å²) in [5, 5.41) is 10.1. The molecule has 3 heterocycles. The van der Waals surface area contributed by atoms with Crippen LogP contribution in [-0.4, -0.2) is 59.6 Å². The summed E-state index contributed by atoms with van der Waals surface area (Å²) in [7, 11) is 0. The summed E-state index contributed by atoms with van der Waals surface area (Å²) in [5.74, 6) is 1.07. The van der Waals surface area contributed by atoms with E-state index < -0.39 is 0 Å². The van der Waals surface area contributed by atoms with Crippen molar-refractivity contribution in [2.75, 3.05) is 42.9 Å². The molecule has 0 radical (unpaired) electrons. The molecule has 38 heavy (non-hydrogen) atoms. The van der Waals surface area contributed by atoms with E-state index in [1.165, 1.54) is 18.1 Å². The van der Waals surface area contributed by atoms with Crippen molar-refractivity contribution < 1.29 is 14.1 Å². The van der Waals surface area contributed by atoms with Crippen LogP contribution in [0.5, 0.6) is 0 Å². The highest BCUT2D eigenvalue weighted by Crippen LogP contribution is 2.26. The Balaban J connectivity index is 1.04. The maximum absolute atomic E-state index is 12.9. The highest BCUT2D eigenvalue weighted by Gasteiger charge is 2.29. The van der Waals surface area contributed by atoms with E-state index in [1.54, 1.807) is 0 Å². The van der Waals surface area contributed by atoms with Gasteiger partial charge in [0.2, 0.25) is 17.6 Å². The van der Waals surface area contributed by atoms with Crippen molar-refractivity contribution in [2.45, 2.75) is 39.7 Å². The minimum absolute atomic E-state index is 0.0139. The number of piperidine rings is 1. The quantitative estimate of drug-likeness (QED) is 0.469. The molecule has 9 nitrogen and oxygen atoms in total. The lowest BCUT2D eigenvalue weighted by atomic mass is 9.96. The third kappa shape index (κ3) is 6.58. The number of carbonyl (C=O) groups is 2. The van der Waals surface area contributed by atoms with E-state index in [1.807, 2.05) is 29.2 Å². The number of benzene rings is 2. The second kappa shape index (κ2) is 11.8. The van der Waals surface area contributed by atoms with Gasteiger partial charge in [0, 0.05) is 56.8 Å². The molecule has 2 aromatic carbocycles. The van der Waals surface area contributed by atoms with E-state index in [0.29, 0.717) is 30.8 Å². The summed E-state index contributed by atoms with van der Waals surface area (Å²) in [6, 6.07) is 16.5. The predicted octanol–water partition coefficient (Wildman–Crippen LogP) is 3.86. The molecule has 2 N–H and O–H groups in total. The van der Waals surface area contributed by atoms with Gasteiger partial charge in [0.15, 0.2) is 0 Å². The minimum Gasteiger partial charge on any atom is -0.356 e. The first-order chi connectivity index (χ1) is 18.4. The maximum Gasteiger partial charge on any atom is 0.324 e. The largest absolute Gasteiger partial charge is 0.356 e. The summed E-state index contributed by atoms with van der Waals surface area (Å²) < 4.78 is 5.51. The summed E-state index contributed by atoms with van der Waals surface area (Å²) in [5.41, 5.74) is 4.17. The minimum atomic E-state index is -0.115. The number of nitrogens with one attached hydrogen (secondary N) is 2. The monoisotopic (exact) mass is 516 g/mol. The van der Waals surface area contributed by atoms with Crippen LogP contribution in [-0.2, 0) is 16.1 Å². The Morgan fingerprint density at radius 1 is 1.00 bits per heavy atom. The molecular weight excluding hydrogens is 480 g/mol. The van der Waals surface area contributed by atoms with Gasteiger partial charge in [0.1, 0.15) is 0 Å². The average Bonchev–Trinajstić information content (AvgIpc) is 3.59. The van der Waals surface area contributed by atoms with Gasteiger partial charge in [0.25, 0.3) is 0 Å². The molecule has 2 aliphatic heterocycles. The molecule has 0 bridgehead atoms. The van der Waals surface area contributed by atoms with Crippen LogP contribution < -0.4 is 15.5 Å². The number of hydrogen-bond acceptors (Lipinski definition) is 7. The number of aromatic nitrogens is 2. The lowest BCUT2D eigenvalue weighted by Gasteiger charge is -2.30. The Hall–Kier alpha value is -3.72. The van der Waals surface area contributed by atoms with Crippen molar-refractivity contribution in [1.82, 2.24) is 20.4 Å². The van der Waals surface area contributed by atoms with E-state index in [-0.39, 0.29) is 17.7 Å². The van der Waals surface area contributed by atoms with Crippen molar-refractivity contribution in [3.05, 3.63) is 59.7 Å². The van der Waals surface area contributed by atoms with Crippen LogP contribution >= 0.6 is 0 Å². The van der Waals surface area contributed by atoms with E-state index in [0.717, 1.165) is 56.7 Å². The van der Waals surface area contributed by atoms with Crippen molar-refractivity contribution in [1.29, 1.82) is 0 Å². The number of carbonyl (C=O) groups excluding carboxylic acids is 2. The third-order valence-corrected chi connectivity index (χ3v) is 7.48. The van der Waals surface area contributed by atoms with Crippen molar-refractivity contribution in [3.63, 3.8) is 0 Å². The molecule has 1 unspecified atom stereocenters. The van der Waals surface area contributed by atoms with Gasteiger partial charge in [0.05, 0.1) is 0 Å². The molecular formula is C29H36N6O3. The van der Waals surface area contributed by atoms with Crippen molar-refractivity contribution in [2.24, 2.45) is 11.8 Å². The van der Waals surface area contributed by atoms with Crippen LogP contribution in [0.1, 0.15) is 37.3 Å². The Labute approximate surface area is 223 Å². The van der Waals surface area contributed by atoms with Gasteiger partial charge in [-0.15, -0.1) is 0 Å². The SMILES string of the molecule is CC(=O)Nc1ccc(-c2noc(N3CCC(C(=O)NCC4CCN(Cc5ccc(C)cc5)C4)CC3)n2)cc1. The first-order valence-electron chi connectivity index (χ1n) is 13.5. The molecule has 0 saturated carbocycles. The molecule has 3 aromatic rings. The smallest absolute Gasteiger partial charge is 0.324 e. The number of hydrogen-bond donors (Lipinski definition) is 2. The number of likely N-dealkylation sites (tertiary alicyclic amines) is 1. The molecule has 1 atom stereocenters. The predicted molar refractivity (Wildman–Crippen MR) is 147 cm³/mol. The fraction of sp³-hybridized carbons (Fsp3) is 0.448. The average molecular weight is 517 g/mol. The van der Waals surface area contributed by atoms with E-state index in [2.05, 4.69) is 56.9 Å². The fourth-order valence-corrected chi connectivity index (χ4v) is 5.26. The molecule has 2 amide bonds. The van der Waals surface area contributed by atoms with Crippen LogP contribution in [0.2, 0.25) is 0 Å². The first kappa shape index (κ1) is 25.9. The fourth-order valence-electron chi connectivity index (χ4n) is 5.26. The number of nitrogens with zero attached hydrogens (tertiary/aromatic N) is 4. The Kier molecular flexibility index (Phi) is 8.03. The Morgan fingerprint density at radius 3 is 2.45 bits per heavy atom. The lowest BCUT2D eigenvalue weighted by Crippen LogP contribution is -2.42. The van der Waals surface area contributed by atoms with Crippen LogP contribution in [0.4, 0.5) is 11.7 Å². The third-order valence-electron chi connectivity index (χ3n) is 7.48. The van der Waals surface area contributed by atoms with Gasteiger partial charge >= 0.3 is 6.01 Å². The van der Waals surface area contributed by atoms with Gasteiger partial charge in [-0.05, 0) is 68.5 Å². The van der Waals surface area contributed by atoms with Crippen molar-refractivity contribution in [3.8, 4) is 11.4 Å². The maximum atomic E-state index is 12.9. The van der Waals surface area contributed by atoms with Gasteiger partial charge in [-0.1, -0.05) is 35.0 Å². The molecule has 0 aliphatic carbocycles. The summed E-state index contributed by atoms with van der Waals surface area (Å²) in [6.07, 6.45) is 2.65. The molecule has 9 heteroatoms. The zero-order valence-corrected chi connectivity index (χ0v) is 22.2. The van der Waals surface area contributed by atoms with E-state index >= 15 is 0 Å². The number of aryl methyl sites for hydroxylation is 1. The number of rotatable bonds is 8.